The predicted molar refractivity (Wildman–Crippen MR) is 135 cm³/mol. The Kier molecular flexibility index (Phi) is 4.51. The van der Waals surface area contributed by atoms with Gasteiger partial charge < -0.3 is 4.74 Å². The van der Waals surface area contributed by atoms with Crippen LogP contribution < -0.4 is 4.74 Å². The van der Waals surface area contributed by atoms with Crippen molar-refractivity contribution in [2.75, 3.05) is 0 Å². The van der Waals surface area contributed by atoms with Crippen molar-refractivity contribution >= 4 is 32.3 Å². The molecule has 0 saturated heterocycles. The van der Waals surface area contributed by atoms with Gasteiger partial charge in [-0.3, -0.25) is 4.98 Å². The number of aryl methyl sites for hydroxylation is 2. The predicted octanol–water partition coefficient (Wildman–Crippen LogP) is 9.06. The molecule has 176 valence electrons. The van der Waals surface area contributed by atoms with Gasteiger partial charge in [0, 0.05) is 17.3 Å². The number of fused-ring (bicyclic) bond motifs is 5. The molecule has 0 fully saturated rings. The number of benzene rings is 4. The standard InChI is InChI=1S/C30H24F3NO/c1-16-5-8-21-17(2)28-24(13-20(21)11-16)27-26-22(9-10-34-27)23-12-18(15-29(3,4)30(31,32)33)6-7-19(23)14-25(26)35-28/h5-14H,15H2,1-4H3. The van der Waals surface area contributed by atoms with Crippen LogP contribution >= 0.6 is 0 Å². The molecule has 0 N–H and O–H groups in total. The lowest BCUT2D eigenvalue weighted by molar-refractivity contribution is -0.211. The third-order valence-corrected chi connectivity index (χ3v) is 7.27. The van der Waals surface area contributed by atoms with E-state index in [4.69, 9.17) is 9.72 Å². The normalized spacial score (nSPS) is 13.3. The fourth-order valence-electron chi connectivity index (χ4n) is 5.22. The summed E-state index contributed by atoms with van der Waals surface area (Å²) in [5.74, 6) is 1.53. The Morgan fingerprint density at radius 2 is 1.63 bits per heavy atom. The molecule has 0 amide bonds. The number of nitrogens with zero attached hydrogens (tertiary/aromatic N) is 1. The molecular weight excluding hydrogens is 447 g/mol. The van der Waals surface area contributed by atoms with Crippen molar-refractivity contribution in [3.05, 3.63) is 77.5 Å². The maximum absolute atomic E-state index is 13.5. The van der Waals surface area contributed by atoms with Crippen LogP contribution in [-0.4, -0.2) is 11.2 Å². The maximum atomic E-state index is 13.5. The number of alkyl halides is 3. The Morgan fingerprint density at radius 3 is 2.40 bits per heavy atom. The average Bonchev–Trinajstić information content (AvgIpc) is 2.79. The smallest absolute Gasteiger partial charge is 0.394 e. The molecule has 0 radical (unpaired) electrons. The first-order chi connectivity index (χ1) is 16.5. The van der Waals surface area contributed by atoms with Crippen LogP contribution in [0.15, 0.2) is 60.8 Å². The fourth-order valence-corrected chi connectivity index (χ4v) is 5.22. The van der Waals surface area contributed by atoms with E-state index in [0.29, 0.717) is 5.56 Å². The molecule has 1 aromatic heterocycles. The van der Waals surface area contributed by atoms with Crippen LogP contribution in [0.25, 0.3) is 43.6 Å². The van der Waals surface area contributed by atoms with Crippen LogP contribution in [0.4, 0.5) is 13.2 Å². The minimum Gasteiger partial charge on any atom is -0.456 e. The number of pyridine rings is 1. The summed E-state index contributed by atoms with van der Waals surface area (Å²) in [6.45, 7) is 6.63. The highest BCUT2D eigenvalue weighted by Crippen LogP contribution is 2.50. The van der Waals surface area contributed by atoms with Gasteiger partial charge in [-0.1, -0.05) is 55.8 Å². The zero-order chi connectivity index (χ0) is 24.7. The van der Waals surface area contributed by atoms with Gasteiger partial charge in [-0.05, 0) is 71.0 Å². The second kappa shape index (κ2) is 7.20. The van der Waals surface area contributed by atoms with Crippen LogP contribution in [0.3, 0.4) is 0 Å². The molecule has 5 aromatic rings. The van der Waals surface area contributed by atoms with Crippen molar-refractivity contribution < 1.29 is 17.9 Å². The van der Waals surface area contributed by atoms with Gasteiger partial charge in [0.05, 0.1) is 16.5 Å². The summed E-state index contributed by atoms with van der Waals surface area (Å²) in [5, 5.41) is 5.93. The van der Waals surface area contributed by atoms with Crippen molar-refractivity contribution in [3.8, 4) is 22.8 Å². The van der Waals surface area contributed by atoms with Crippen molar-refractivity contribution in [1.29, 1.82) is 0 Å². The van der Waals surface area contributed by atoms with Gasteiger partial charge in [-0.2, -0.15) is 13.2 Å². The molecule has 0 aliphatic carbocycles. The summed E-state index contributed by atoms with van der Waals surface area (Å²) in [6, 6.07) is 18.0. The number of hydrogen-bond acceptors (Lipinski definition) is 2. The van der Waals surface area contributed by atoms with E-state index in [2.05, 4.69) is 38.1 Å². The Labute approximate surface area is 201 Å². The molecule has 0 atom stereocenters. The molecule has 0 unspecified atom stereocenters. The fraction of sp³-hybridized carbons (Fsp3) is 0.233. The van der Waals surface area contributed by atoms with E-state index >= 15 is 0 Å². The molecule has 1 aliphatic heterocycles. The molecule has 1 aliphatic rings. The first kappa shape index (κ1) is 21.9. The lowest BCUT2D eigenvalue weighted by Gasteiger charge is -2.28. The zero-order valence-electron chi connectivity index (χ0n) is 20.0. The van der Waals surface area contributed by atoms with Gasteiger partial charge in [0.2, 0.25) is 0 Å². The summed E-state index contributed by atoms with van der Waals surface area (Å²) in [6.07, 6.45) is -2.59. The summed E-state index contributed by atoms with van der Waals surface area (Å²) >= 11 is 0. The Balaban J connectivity index is 1.59. The van der Waals surface area contributed by atoms with E-state index in [1.54, 1.807) is 12.3 Å². The van der Waals surface area contributed by atoms with Crippen LogP contribution in [0, 0.1) is 19.3 Å². The number of aromatic nitrogens is 1. The van der Waals surface area contributed by atoms with E-state index in [-0.39, 0.29) is 6.42 Å². The average molecular weight is 472 g/mol. The van der Waals surface area contributed by atoms with Gasteiger partial charge in [-0.25, -0.2) is 0 Å². The molecule has 2 heterocycles. The van der Waals surface area contributed by atoms with E-state index in [1.165, 1.54) is 19.4 Å². The van der Waals surface area contributed by atoms with E-state index in [0.717, 1.165) is 60.6 Å². The third-order valence-electron chi connectivity index (χ3n) is 7.27. The van der Waals surface area contributed by atoms with Gasteiger partial charge >= 0.3 is 6.18 Å². The number of rotatable bonds is 2. The van der Waals surface area contributed by atoms with Gasteiger partial charge in [0.1, 0.15) is 11.5 Å². The molecule has 0 saturated carbocycles. The van der Waals surface area contributed by atoms with Crippen LogP contribution in [0.1, 0.15) is 30.5 Å². The van der Waals surface area contributed by atoms with Gasteiger partial charge in [-0.15, -0.1) is 0 Å². The van der Waals surface area contributed by atoms with Gasteiger partial charge in [0.15, 0.2) is 0 Å². The topological polar surface area (TPSA) is 22.1 Å². The Bertz CT molecular complexity index is 1680. The molecular formula is C30H24F3NO. The summed E-state index contributed by atoms with van der Waals surface area (Å²) in [4.78, 5) is 4.74. The second-order valence-electron chi connectivity index (χ2n) is 10.3. The number of ether oxygens (including phenoxy) is 1. The van der Waals surface area contributed by atoms with Crippen LogP contribution in [0.2, 0.25) is 0 Å². The number of hydrogen-bond donors (Lipinski definition) is 0. The van der Waals surface area contributed by atoms with Crippen LogP contribution in [0.5, 0.6) is 11.5 Å². The highest BCUT2D eigenvalue weighted by molar-refractivity contribution is 6.16. The monoisotopic (exact) mass is 471 g/mol. The summed E-state index contributed by atoms with van der Waals surface area (Å²) < 4.78 is 47.1. The van der Waals surface area contributed by atoms with Crippen molar-refractivity contribution in [3.63, 3.8) is 0 Å². The largest absolute Gasteiger partial charge is 0.456 e. The quantitative estimate of drug-likeness (QED) is 0.235. The molecule has 5 heteroatoms. The molecule has 35 heavy (non-hydrogen) atoms. The Morgan fingerprint density at radius 1 is 0.829 bits per heavy atom. The lowest BCUT2D eigenvalue weighted by Crippen LogP contribution is -2.34. The molecule has 6 rings (SSSR count). The minimum atomic E-state index is -4.28. The highest BCUT2D eigenvalue weighted by Gasteiger charge is 2.47. The Hall–Kier alpha value is -3.60. The van der Waals surface area contributed by atoms with Crippen molar-refractivity contribution in [2.24, 2.45) is 5.41 Å². The van der Waals surface area contributed by atoms with E-state index < -0.39 is 11.6 Å². The van der Waals surface area contributed by atoms with E-state index in [1.807, 2.05) is 24.3 Å². The summed E-state index contributed by atoms with van der Waals surface area (Å²) in [7, 11) is 0. The van der Waals surface area contributed by atoms with Crippen LogP contribution in [-0.2, 0) is 6.42 Å². The molecule has 0 spiro atoms. The first-order valence-corrected chi connectivity index (χ1v) is 11.7. The summed E-state index contributed by atoms with van der Waals surface area (Å²) in [5.41, 5.74) is 2.86. The van der Waals surface area contributed by atoms with Crippen molar-refractivity contribution in [1.82, 2.24) is 4.98 Å². The maximum Gasteiger partial charge on any atom is 0.394 e. The second-order valence-corrected chi connectivity index (χ2v) is 10.3. The first-order valence-electron chi connectivity index (χ1n) is 11.7. The molecule has 0 bridgehead atoms. The van der Waals surface area contributed by atoms with E-state index in [9.17, 15) is 13.2 Å². The van der Waals surface area contributed by atoms with Crippen molar-refractivity contribution in [2.45, 2.75) is 40.3 Å². The zero-order valence-corrected chi connectivity index (χ0v) is 20.0. The molecule has 2 nitrogen and oxygen atoms in total. The minimum absolute atomic E-state index is 0.0858. The third kappa shape index (κ3) is 3.28. The molecule has 4 aromatic carbocycles. The lowest BCUT2D eigenvalue weighted by atomic mass is 9.84. The van der Waals surface area contributed by atoms with Gasteiger partial charge in [0.25, 0.3) is 0 Å². The SMILES string of the molecule is Cc1ccc2c(C)c3c(cc2c1)-c1nccc2c1c(cc1ccc(CC(C)(C)C(F)(F)F)cc12)O3. The number of halogens is 3. The highest BCUT2D eigenvalue weighted by atomic mass is 19.4.